The average molecular weight is 1140 g/mol. The molecule has 0 radical (unpaired) electrons. The molecule has 458 valence electrons. The van der Waals surface area contributed by atoms with E-state index in [-0.39, 0.29) is 36.5 Å². The summed E-state index contributed by atoms with van der Waals surface area (Å²) in [6.07, 6.45) is 18.6. The molecule has 3 aromatic heterocycles. The highest BCUT2D eigenvalue weighted by atomic mass is 16.5. The summed E-state index contributed by atoms with van der Waals surface area (Å²) in [5.74, 6) is 1.28. The van der Waals surface area contributed by atoms with E-state index in [2.05, 4.69) is 118 Å². The lowest BCUT2D eigenvalue weighted by Gasteiger charge is -2.22. The third-order valence-corrected chi connectivity index (χ3v) is 14.9. The molecule has 5 unspecified atom stereocenters. The second-order valence-corrected chi connectivity index (χ2v) is 22.4. The van der Waals surface area contributed by atoms with Gasteiger partial charge in [0.25, 0.3) is 0 Å². The number of esters is 2. The van der Waals surface area contributed by atoms with E-state index in [4.69, 9.17) is 25.5 Å². The maximum Gasteiger partial charge on any atom is 0.311 e. The van der Waals surface area contributed by atoms with Crippen LogP contribution in [0.15, 0.2) is 91.6 Å². The number of benzene rings is 1. The molecule has 5 atom stereocenters. The number of aliphatic hydroxyl groups is 1. The van der Waals surface area contributed by atoms with Crippen LogP contribution in [-0.2, 0) is 28.7 Å². The SMILES string of the molecule is CCC(C)(C)C(=O)O.CCC(C)(C)C(=O)OC.CCC(C)(C)C(=O)OCCO.CCC(C)C#N.CCC(C)N1CCCC1=O.CCC(C)c1ccc(-c2ccncc2)cc1.CCC(C)c1ccc(C#N)cn1.CCC(C)c1ccncc1. The molecule has 4 aromatic rings. The molecule has 1 fully saturated rings. The molecule has 4 heterocycles. The summed E-state index contributed by atoms with van der Waals surface area (Å²) in [7, 11) is 1.42. The maximum atomic E-state index is 11.1. The summed E-state index contributed by atoms with van der Waals surface area (Å²) >= 11 is 0. The highest BCUT2D eigenvalue weighted by Crippen LogP contribution is 2.25. The summed E-state index contributed by atoms with van der Waals surface area (Å²) in [5.41, 5.74) is 5.71. The lowest BCUT2D eigenvalue weighted by atomic mass is 9.91. The zero-order chi connectivity index (χ0) is 63.5. The highest BCUT2D eigenvalue weighted by molar-refractivity contribution is 5.78. The van der Waals surface area contributed by atoms with Gasteiger partial charge in [0.05, 0.1) is 41.6 Å². The number of aliphatic hydroxyl groups excluding tert-OH is 1. The van der Waals surface area contributed by atoms with Crippen molar-refractivity contribution in [2.45, 2.75) is 220 Å². The minimum atomic E-state index is -0.722. The van der Waals surface area contributed by atoms with E-state index >= 15 is 0 Å². The number of ether oxygens (including phenoxy) is 2. The van der Waals surface area contributed by atoms with E-state index < -0.39 is 16.8 Å². The van der Waals surface area contributed by atoms with Gasteiger partial charge in [-0.25, -0.2) is 0 Å². The van der Waals surface area contributed by atoms with Crippen LogP contribution in [0, 0.1) is 44.8 Å². The van der Waals surface area contributed by atoms with E-state index in [9.17, 15) is 19.2 Å². The van der Waals surface area contributed by atoms with Gasteiger partial charge in [-0.15, -0.1) is 0 Å². The fourth-order valence-corrected chi connectivity index (χ4v) is 6.18. The van der Waals surface area contributed by atoms with Gasteiger partial charge in [0.1, 0.15) is 12.7 Å². The number of aromatic nitrogens is 3. The van der Waals surface area contributed by atoms with Gasteiger partial charge in [0, 0.05) is 61.6 Å². The number of likely N-dealkylation sites (tertiary alicyclic amines) is 1. The number of hydrogen-bond donors (Lipinski definition) is 2. The molecule has 0 bridgehead atoms. The van der Waals surface area contributed by atoms with Crippen LogP contribution in [0.2, 0.25) is 0 Å². The Labute approximate surface area is 496 Å². The largest absolute Gasteiger partial charge is 0.481 e. The number of amides is 1. The Morgan fingerprint density at radius 3 is 1.41 bits per heavy atom. The average Bonchev–Trinajstić information content (AvgIpc) is 3.99. The van der Waals surface area contributed by atoms with Gasteiger partial charge >= 0.3 is 17.9 Å². The van der Waals surface area contributed by atoms with Crippen molar-refractivity contribution < 1.29 is 38.9 Å². The van der Waals surface area contributed by atoms with E-state index in [1.54, 1.807) is 20.0 Å². The Balaban J connectivity index is -0.000000883. The normalized spacial score (nSPS) is 13.2. The number of methoxy groups -OCH3 is 1. The van der Waals surface area contributed by atoms with Crippen LogP contribution >= 0.6 is 0 Å². The fraction of sp³-hybridized carbons (Fsp3) is 0.603. The molecular weight excluding hydrogens is 1030 g/mol. The molecule has 1 aliphatic heterocycles. The van der Waals surface area contributed by atoms with Crippen molar-refractivity contribution in [1.82, 2.24) is 19.9 Å². The Hall–Kier alpha value is -6.51. The first-order valence-electron chi connectivity index (χ1n) is 29.6. The van der Waals surface area contributed by atoms with Crippen molar-refractivity contribution in [2.75, 3.05) is 26.9 Å². The minimum Gasteiger partial charge on any atom is -0.481 e. The van der Waals surface area contributed by atoms with Crippen molar-refractivity contribution in [3.05, 3.63) is 114 Å². The first-order valence-corrected chi connectivity index (χ1v) is 29.6. The third-order valence-electron chi connectivity index (χ3n) is 14.9. The van der Waals surface area contributed by atoms with Crippen molar-refractivity contribution in [3.63, 3.8) is 0 Å². The Bertz CT molecular complexity index is 2380. The quantitative estimate of drug-likeness (QED) is 0.0888. The number of pyridine rings is 3. The predicted octanol–water partition coefficient (Wildman–Crippen LogP) is 16.3. The number of carbonyl (C=O) groups is 4. The van der Waals surface area contributed by atoms with Gasteiger partial charge < -0.3 is 24.6 Å². The molecule has 5 rings (SSSR count). The Morgan fingerprint density at radius 2 is 1.10 bits per heavy atom. The summed E-state index contributed by atoms with van der Waals surface area (Å²) < 4.78 is 9.32. The molecular formula is C68H108N6O8. The summed E-state index contributed by atoms with van der Waals surface area (Å²) in [6, 6.07) is 25.4. The standard InChI is InChI=1S/C15H17N.C10H12N2.C9H13N.C8H15NO.C8H16O3.C7H14O2.C6H12O2.C5H9N/c1-3-12(2)13-4-6-14(7-5-13)15-8-10-16-11-9-15;1-3-8(2)10-5-4-9(6-11)7-12-10;1-3-8(2)9-4-6-10-7-5-9;1-3-7(2)9-6-4-5-8(9)10;1-4-8(2,3)7(10)11-6-5-9;1-5-7(2,3)6(8)9-4;1-4-6(2,3)5(7)8;1-3-5(2)4-6/h4-12H,3H2,1-2H3;4-5,7-8H,3H2,1-2H3;4-8H,3H2,1-2H3;7H,3-6H2,1-2H3;9H,4-6H2,1-3H3;5H2,1-4H3;4H2,1-3H3,(H,7,8);5H,3H2,1-2H3. The molecule has 1 aliphatic rings. The molecule has 14 heteroatoms. The van der Waals surface area contributed by atoms with E-state index in [1.807, 2.05) is 122 Å². The zero-order valence-corrected chi connectivity index (χ0v) is 54.3. The van der Waals surface area contributed by atoms with Crippen LogP contribution in [0.25, 0.3) is 11.1 Å². The van der Waals surface area contributed by atoms with Crippen LogP contribution in [0.3, 0.4) is 0 Å². The lowest BCUT2D eigenvalue weighted by molar-refractivity contribution is -0.155. The van der Waals surface area contributed by atoms with E-state index in [0.717, 1.165) is 57.2 Å². The van der Waals surface area contributed by atoms with Crippen molar-refractivity contribution in [2.24, 2.45) is 22.2 Å². The Kier molecular flexibility index (Phi) is 43.8. The predicted molar refractivity (Wildman–Crippen MR) is 335 cm³/mol. The second-order valence-electron chi connectivity index (χ2n) is 22.4. The van der Waals surface area contributed by atoms with Gasteiger partial charge in [-0.3, -0.25) is 34.1 Å². The van der Waals surface area contributed by atoms with Gasteiger partial charge in [0.15, 0.2) is 0 Å². The van der Waals surface area contributed by atoms with Crippen LogP contribution in [0.4, 0.5) is 0 Å². The highest BCUT2D eigenvalue weighted by Gasteiger charge is 2.27. The fourth-order valence-electron chi connectivity index (χ4n) is 6.18. The van der Waals surface area contributed by atoms with Crippen molar-refractivity contribution in [3.8, 4) is 23.3 Å². The minimum absolute atomic E-state index is 0.0995. The molecule has 1 amide bonds. The molecule has 0 spiro atoms. The molecule has 82 heavy (non-hydrogen) atoms. The van der Waals surface area contributed by atoms with Gasteiger partial charge in [0.2, 0.25) is 5.91 Å². The summed E-state index contributed by atoms with van der Waals surface area (Å²) in [4.78, 5) is 57.5. The van der Waals surface area contributed by atoms with Gasteiger partial charge in [-0.1, -0.05) is 100 Å². The number of hydrogen-bond acceptors (Lipinski definition) is 12. The Morgan fingerprint density at radius 1 is 0.634 bits per heavy atom. The second kappa shape index (κ2) is 45.1. The number of carboxylic acids is 1. The molecule has 14 nitrogen and oxygen atoms in total. The topological polar surface area (TPSA) is 217 Å². The molecule has 1 saturated heterocycles. The van der Waals surface area contributed by atoms with Crippen molar-refractivity contribution in [1.29, 1.82) is 10.5 Å². The van der Waals surface area contributed by atoms with Crippen LogP contribution in [0.5, 0.6) is 0 Å². The monoisotopic (exact) mass is 1140 g/mol. The maximum absolute atomic E-state index is 11.1. The number of nitriles is 2. The van der Waals surface area contributed by atoms with Gasteiger partial charge in [-0.05, 0) is 190 Å². The molecule has 0 aliphatic carbocycles. The van der Waals surface area contributed by atoms with E-state index in [1.165, 1.54) is 42.2 Å². The van der Waals surface area contributed by atoms with Crippen LogP contribution in [-0.4, -0.2) is 86.8 Å². The number of carbonyl (C=O) groups excluding carboxylic acids is 3. The first-order chi connectivity index (χ1) is 38.6. The van der Waals surface area contributed by atoms with E-state index in [0.29, 0.717) is 41.7 Å². The molecule has 2 N–H and O–H groups in total. The first kappa shape index (κ1) is 79.7. The summed E-state index contributed by atoms with van der Waals surface area (Å²) in [5, 5.41) is 33.4. The molecule has 0 saturated carbocycles. The van der Waals surface area contributed by atoms with Crippen LogP contribution < -0.4 is 0 Å². The van der Waals surface area contributed by atoms with Crippen molar-refractivity contribution >= 4 is 23.8 Å². The lowest BCUT2D eigenvalue weighted by Crippen LogP contribution is -2.33. The third kappa shape index (κ3) is 34.1. The van der Waals surface area contributed by atoms with Gasteiger partial charge in [-0.2, -0.15) is 10.5 Å². The number of carboxylic acid groups (broad SMARTS) is 1. The molecule has 1 aromatic carbocycles. The number of aliphatic carboxylic acids is 1. The number of rotatable bonds is 18. The zero-order valence-electron chi connectivity index (χ0n) is 54.3. The summed E-state index contributed by atoms with van der Waals surface area (Å²) in [6.45, 7) is 38.9. The smallest absolute Gasteiger partial charge is 0.311 e. The number of nitrogens with zero attached hydrogens (tertiary/aromatic N) is 6. The van der Waals surface area contributed by atoms with Crippen LogP contribution in [0.1, 0.15) is 236 Å².